The van der Waals surface area contributed by atoms with Gasteiger partial charge in [-0.15, -0.1) is 0 Å². The fourth-order valence-electron chi connectivity index (χ4n) is 1.85. The van der Waals surface area contributed by atoms with Crippen LogP contribution in [0.5, 0.6) is 5.75 Å². The molecule has 4 heteroatoms. The smallest absolute Gasteiger partial charge is 0.333 e. The van der Waals surface area contributed by atoms with E-state index in [0.29, 0.717) is 0 Å². The maximum Gasteiger partial charge on any atom is 0.333 e. The minimum Gasteiger partial charge on any atom is -0.508 e. The normalized spacial score (nSPS) is 14.1. The highest BCUT2D eigenvalue weighted by Gasteiger charge is 2.21. The molecule has 1 unspecified atom stereocenters. The highest BCUT2D eigenvalue weighted by atomic mass is 16.5. The predicted molar refractivity (Wildman–Crippen MR) is 68.7 cm³/mol. The first kappa shape index (κ1) is 14.5. The van der Waals surface area contributed by atoms with E-state index < -0.39 is 12.1 Å². The van der Waals surface area contributed by atoms with Crippen molar-refractivity contribution in [2.24, 2.45) is 0 Å². The molecule has 0 fully saturated rings. The lowest BCUT2D eigenvalue weighted by Crippen LogP contribution is -2.30. The summed E-state index contributed by atoms with van der Waals surface area (Å²) in [5.74, 6) is -0.834. The molecule has 0 aliphatic heterocycles. The highest BCUT2D eigenvalue weighted by Crippen LogP contribution is 2.15. The second-order valence-corrected chi connectivity index (χ2v) is 4.44. The molecule has 0 saturated carbocycles. The van der Waals surface area contributed by atoms with Crippen LogP contribution in [0.15, 0.2) is 24.3 Å². The van der Waals surface area contributed by atoms with E-state index in [1.54, 1.807) is 24.3 Å². The Morgan fingerprint density at radius 3 is 2.72 bits per heavy atom. The fourth-order valence-corrected chi connectivity index (χ4v) is 1.85. The van der Waals surface area contributed by atoms with Crippen LogP contribution in [0.3, 0.4) is 0 Å². The van der Waals surface area contributed by atoms with Crippen molar-refractivity contribution in [1.82, 2.24) is 0 Å². The Kier molecular flexibility index (Phi) is 5.65. The van der Waals surface area contributed by atoms with Gasteiger partial charge < -0.3 is 14.9 Å². The van der Waals surface area contributed by atoms with Crippen LogP contribution in [-0.4, -0.2) is 28.4 Å². The minimum absolute atomic E-state index is 0.0755. The third kappa shape index (κ3) is 4.75. The van der Waals surface area contributed by atoms with Crippen molar-refractivity contribution in [3.05, 3.63) is 29.8 Å². The summed E-state index contributed by atoms with van der Waals surface area (Å²) < 4.78 is 5.51. The Morgan fingerprint density at radius 1 is 1.44 bits per heavy atom. The van der Waals surface area contributed by atoms with E-state index >= 15 is 0 Å². The lowest BCUT2D eigenvalue weighted by molar-refractivity contribution is -0.153. The maximum absolute atomic E-state index is 11.1. The second kappa shape index (κ2) is 7.01. The van der Waals surface area contributed by atoms with Crippen LogP contribution in [-0.2, 0) is 16.0 Å². The van der Waals surface area contributed by atoms with Gasteiger partial charge in [-0.1, -0.05) is 25.5 Å². The summed E-state index contributed by atoms with van der Waals surface area (Å²) in [5.41, 5.74) is 0.756. The number of phenolic OH excluding ortho intramolecular Hbond substituents is 1. The summed E-state index contributed by atoms with van der Waals surface area (Å²) >= 11 is 0. The fraction of sp³-hybridized carbons (Fsp3) is 0.500. The molecule has 1 aromatic carbocycles. The van der Waals surface area contributed by atoms with E-state index in [9.17, 15) is 9.90 Å². The first-order chi connectivity index (χ1) is 8.52. The number of aromatic hydroxyl groups is 1. The van der Waals surface area contributed by atoms with Gasteiger partial charge in [0, 0.05) is 6.42 Å². The Morgan fingerprint density at radius 2 is 2.17 bits per heavy atom. The van der Waals surface area contributed by atoms with E-state index in [0.717, 1.165) is 18.4 Å². The topological polar surface area (TPSA) is 66.8 Å². The molecule has 1 aromatic rings. The number of carboxylic acid groups (broad SMARTS) is 1. The summed E-state index contributed by atoms with van der Waals surface area (Å²) in [6.07, 6.45) is 1.11. The number of carbonyl (C=O) groups is 1. The van der Waals surface area contributed by atoms with E-state index in [1.807, 2.05) is 13.8 Å². The monoisotopic (exact) mass is 252 g/mol. The van der Waals surface area contributed by atoms with Gasteiger partial charge in [0.05, 0.1) is 6.10 Å². The van der Waals surface area contributed by atoms with Crippen molar-refractivity contribution < 1.29 is 19.7 Å². The molecule has 2 N–H and O–H groups in total. The zero-order valence-corrected chi connectivity index (χ0v) is 10.8. The maximum atomic E-state index is 11.1. The molecule has 0 spiro atoms. The molecule has 0 radical (unpaired) electrons. The Labute approximate surface area is 107 Å². The van der Waals surface area contributed by atoms with E-state index in [1.165, 1.54) is 0 Å². The first-order valence-corrected chi connectivity index (χ1v) is 6.19. The van der Waals surface area contributed by atoms with Gasteiger partial charge in [-0.05, 0) is 31.0 Å². The summed E-state index contributed by atoms with van der Waals surface area (Å²) in [5, 5.41) is 18.5. The average Bonchev–Trinajstić information content (AvgIpc) is 2.28. The van der Waals surface area contributed by atoms with Crippen LogP contribution >= 0.6 is 0 Å². The second-order valence-electron chi connectivity index (χ2n) is 4.44. The van der Waals surface area contributed by atoms with E-state index in [4.69, 9.17) is 9.84 Å². The third-order valence-electron chi connectivity index (χ3n) is 2.70. The number of ether oxygens (including phenoxy) is 1. The lowest BCUT2D eigenvalue weighted by Gasteiger charge is -2.19. The minimum atomic E-state index is -0.971. The number of rotatable bonds is 7. The largest absolute Gasteiger partial charge is 0.508 e. The Hall–Kier alpha value is -1.55. The number of hydrogen-bond acceptors (Lipinski definition) is 3. The molecular formula is C14H20O4. The van der Waals surface area contributed by atoms with Gasteiger partial charge in [-0.3, -0.25) is 0 Å². The van der Waals surface area contributed by atoms with Gasteiger partial charge >= 0.3 is 5.97 Å². The molecule has 2 atom stereocenters. The van der Waals surface area contributed by atoms with Crippen molar-refractivity contribution in [1.29, 1.82) is 0 Å². The Bertz CT molecular complexity index is 389. The SMILES string of the molecule is CCCC(C)O[C@H](Cc1cccc(O)c1)C(=O)O. The molecule has 0 aliphatic carbocycles. The highest BCUT2D eigenvalue weighted by molar-refractivity contribution is 5.72. The lowest BCUT2D eigenvalue weighted by atomic mass is 10.1. The van der Waals surface area contributed by atoms with Crippen molar-refractivity contribution in [2.75, 3.05) is 0 Å². The number of carboxylic acids is 1. The molecule has 0 heterocycles. The Balaban J connectivity index is 2.66. The molecule has 1 rings (SSSR count). The van der Waals surface area contributed by atoms with Gasteiger partial charge in [0.25, 0.3) is 0 Å². The third-order valence-corrected chi connectivity index (χ3v) is 2.70. The molecule has 0 saturated heterocycles. The van der Waals surface area contributed by atoms with Gasteiger partial charge in [-0.25, -0.2) is 4.79 Å². The summed E-state index contributed by atoms with van der Waals surface area (Å²) in [6.45, 7) is 3.91. The van der Waals surface area contributed by atoms with Crippen LogP contribution in [0.2, 0.25) is 0 Å². The van der Waals surface area contributed by atoms with E-state index in [2.05, 4.69) is 0 Å². The number of hydrogen-bond donors (Lipinski definition) is 2. The molecule has 100 valence electrons. The van der Waals surface area contributed by atoms with Crippen LogP contribution < -0.4 is 0 Å². The standard InChI is InChI=1S/C14H20O4/c1-3-5-10(2)18-13(14(16)17)9-11-6-4-7-12(15)8-11/h4,6-8,10,13,15H,3,5,9H2,1-2H3,(H,16,17)/t10?,13-/m1/s1. The zero-order chi connectivity index (χ0) is 13.5. The first-order valence-electron chi connectivity index (χ1n) is 6.19. The molecule has 18 heavy (non-hydrogen) atoms. The van der Waals surface area contributed by atoms with E-state index in [-0.39, 0.29) is 18.3 Å². The van der Waals surface area contributed by atoms with Crippen LogP contribution in [0.25, 0.3) is 0 Å². The number of benzene rings is 1. The van der Waals surface area contributed by atoms with Crippen molar-refractivity contribution in [2.45, 2.75) is 45.3 Å². The zero-order valence-electron chi connectivity index (χ0n) is 10.8. The van der Waals surface area contributed by atoms with Crippen molar-refractivity contribution in [3.63, 3.8) is 0 Å². The van der Waals surface area contributed by atoms with Gasteiger partial charge in [0.15, 0.2) is 6.10 Å². The quantitative estimate of drug-likeness (QED) is 0.782. The average molecular weight is 252 g/mol. The summed E-state index contributed by atoms with van der Waals surface area (Å²) in [4.78, 5) is 11.1. The van der Waals surface area contributed by atoms with Crippen molar-refractivity contribution >= 4 is 5.97 Å². The van der Waals surface area contributed by atoms with Gasteiger partial charge in [0.2, 0.25) is 0 Å². The molecule has 0 aromatic heterocycles. The van der Waals surface area contributed by atoms with Gasteiger partial charge in [-0.2, -0.15) is 0 Å². The summed E-state index contributed by atoms with van der Waals surface area (Å²) in [7, 11) is 0. The van der Waals surface area contributed by atoms with Crippen LogP contribution in [0, 0.1) is 0 Å². The molecule has 0 bridgehead atoms. The van der Waals surface area contributed by atoms with Crippen LogP contribution in [0.4, 0.5) is 0 Å². The van der Waals surface area contributed by atoms with Crippen molar-refractivity contribution in [3.8, 4) is 5.75 Å². The molecular weight excluding hydrogens is 232 g/mol. The molecule has 0 amide bonds. The van der Waals surface area contributed by atoms with Crippen LogP contribution in [0.1, 0.15) is 32.3 Å². The van der Waals surface area contributed by atoms with Gasteiger partial charge in [0.1, 0.15) is 5.75 Å². The molecule has 0 aliphatic rings. The number of phenols is 1. The summed E-state index contributed by atoms with van der Waals surface area (Å²) in [6, 6.07) is 6.59. The number of aliphatic carboxylic acids is 1. The predicted octanol–water partition coefficient (Wildman–Crippen LogP) is 2.59. The molecule has 4 nitrogen and oxygen atoms in total.